The fraction of sp³-hybridized carbons (Fsp3) is 0.800. The minimum absolute atomic E-state index is 0.0822. The van der Waals surface area contributed by atoms with Crippen LogP contribution in [0.2, 0.25) is 0 Å². The highest BCUT2D eigenvalue weighted by atomic mass is 16.3. The molecule has 0 aromatic carbocycles. The van der Waals surface area contributed by atoms with Crippen molar-refractivity contribution in [3.63, 3.8) is 0 Å². The summed E-state index contributed by atoms with van der Waals surface area (Å²) in [6, 6.07) is 0. The molecule has 70 valence electrons. The highest BCUT2D eigenvalue weighted by Gasteiger charge is 2.18. The smallest absolute Gasteiger partial charge is 0.0573 e. The Morgan fingerprint density at radius 1 is 1.42 bits per heavy atom. The number of rotatable bonds is 2. The van der Waals surface area contributed by atoms with E-state index in [1.807, 2.05) is 0 Å². The number of allylic oxidation sites excluding steroid dienone is 1. The zero-order chi connectivity index (χ0) is 9.14. The van der Waals surface area contributed by atoms with Crippen LogP contribution < -0.4 is 0 Å². The van der Waals surface area contributed by atoms with Gasteiger partial charge >= 0.3 is 0 Å². The van der Waals surface area contributed by atoms with Crippen LogP contribution in [0.25, 0.3) is 0 Å². The lowest BCUT2D eigenvalue weighted by molar-refractivity contribution is 0.0935. The number of hydrogen-bond donors (Lipinski definition) is 1. The van der Waals surface area contributed by atoms with Crippen molar-refractivity contribution in [1.82, 2.24) is 4.90 Å². The molecule has 0 atom stereocenters. The van der Waals surface area contributed by atoms with E-state index < -0.39 is 0 Å². The average Bonchev–Trinajstić information content (AvgIpc) is 2.04. The molecule has 0 aliphatic carbocycles. The predicted molar refractivity (Wildman–Crippen MR) is 50.8 cm³/mol. The molecule has 2 nitrogen and oxygen atoms in total. The van der Waals surface area contributed by atoms with Crippen LogP contribution in [0.3, 0.4) is 0 Å². The van der Waals surface area contributed by atoms with Crippen molar-refractivity contribution in [3.05, 3.63) is 12.3 Å². The van der Waals surface area contributed by atoms with Gasteiger partial charge in [0.25, 0.3) is 0 Å². The largest absolute Gasteiger partial charge is 0.393 e. The van der Waals surface area contributed by atoms with Gasteiger partial charge in [-0.3, -0.25) is 0 Å². The number of nitrogens with zero attached hydrogens (tertiary/aromatic N) is 1. The number of hydrogen-bond acceptors (Lipinski definition) is 2. The summed E-state index contributed by atoms with van der Waals surface area (Å²) in [7, 11) is 0. The molecule has 1 aliphatic rings. The van der Waals surface area contributed by atoms with Crippen LogP contribution in [0, 0.1) is 5.92 Å². The van der Waals surface area contributed by atoms with E-state index in [0.29, 0.717) is 5.92 Å². The highest BCUT2D eigenvalue weighted by molar-refractivity contribution is 4.98. The molecule has 1 saturated heterocycles. The van der Waals surface area contributed by atoms with Gasteiger partial charge in [-0.25, -0.2) is 0 Å². The number of aliphatic hydroxyl groups is 1. The summed E-state index contributed by atoms with van der Waals surface area (Å²) < 4.78 is 0. The molecular weight excluding hydrogens is 150 g/mol. The summed E-state index contributed by atoms with van der Waals surface area (Å²) in [5.74, 6) is 0.528. The zero-order valence-electron chi connectivity index (χ0n) is 8.08. The van der Waals surface area contributed by atoms with E-state index in [0.717, 1.165) is 25.9 Å². The molecule has 0 saturated carbocycles. The molecule has 2 heteroatoms. The molecule has 0 radical (unpaired) electrons. The maximum absolute atomic E-state index is 9.29. The third-order valence-electron chi connectivity index (χ3n) is 2.54. The summed E-state index contributed by atoms with van der Waals surface area (Å²) in [4.78, 5) is 2.29. The van der Waals surface area contributed by atoms with Crippen molar-refractivity contribution in [2.45, 2.75) is 32.8 Å². The predicted octanol–water partition coefficient (Wildman–Crippen LogP) is 1.61. The standard InChI is InChI=1S/C10H19NO/c1-8(2)9(3)11-6-4-10(12)5-7-11/h8,10,12H,3-7H2,1-2H3. The van der Waals surface area contributed by atoms with Crippen molar-refractivity contribution in [2.24, 2.45) is 5.92 Å². The maximum Gasteiger partial charge on any atom is 0.0573 e. The molecule has 0 aromatic heterocycles. The molecule has 1 heterocycles. The number of likely N-dealkylation sites (tertiary alicyclic amines) is 1. The quantitative estimate of drug-likeness (QED) is 0.679. The molecular formula is C10H19NO. The first-order chi connectivity index (χ1) is 5.61. The van der Waals surface area contributed by atoms with Gasteiger partial charge in [0.05, 0.1) is 6.10 Å². The van der Waals surface area contributed by atoms with Gasteiger partial charge in [-0.05, 0) is 18.8 Å². The molecule has 0 bridgehead atoms. The first-order valence-electron chi connectivity index (χ1n) is 4.73. The van der Waals surface area contributed by atoms with E-state index in [1.165, 1.54) is 5.70 Å². The van der Waals surface area contributed by atoms with Gasteiger partial charge in [0.2, 0.25) is 0 Å². The second kappa shape index (κ2) is 3.94. The van der Waals surface area contributed by atoms with Crippen LogP contribution in [0.5, 0.6) is 0 Å². The first kappa shape index (κ1) is 9.59. The minimum atomic E-state index is -0.0822. The molecule has 1 N–H and O–H groups in total. The Hall–Kier alpha value is -0.500. The molecule has 1 aliphatic heterocycles. The van der Waals surface area contributed by atoms with Crippen LogP contribution in [0.1, 0.15) is 26.7 Å². The van der Waals surface area contributed by atoms with Crippen LogP contribution in [0.4, 0.5) is 0 Å². The third-order valence-corrected chi connectivity index (χ3v) is 2.54. The van der Waals surface area contributed by atoms with Gasteiger partial charge in [-0.2, -0.15) is 0 Å². The van der Waals surface area contributed by atoms with Crippen molar-refractivity contribution in [1.29, 1.82) is 0 Å². The Morgan fingerprint density at radius 2 is 1.92 bits per heavy atom. The van der Waals surface area contributed by atoms with Crippen LogP contribution >= 0.6 is 0 Å². The number of aliphatic hydroxyl groups excluding tert-OH is 1. The van der Waals surface area contributed by atoms with Gasteiger partial charge in [0.15, 0.2) is 0 Å². The van der Waals surface area contributed by atoms with E-state index in [2.05, 4.69) is 25.3 Å². The lowest BCUT2D eigenvalue weighted by Gasteiger charge is -2.34. The molecule has 1 rings (SSSR count). The maximum atomic E-state index is 9.29. The van der Waals surface area contributed by atoms with E-state index in [9.17, 15) is 5.11 Å². The Morgan fingerprint density at radius 3 is 2.33 bits per heavy atom. The zero-order valence-corrected chi connectivity index (χ0v) is 8.08. The normalized spacial score (nSPS) is 20.2. The topological polar surface area (TPSA) is 23.5 Å². The lowest BCUT2D eigenvalue weighted by atomic mass is 10.0. The number of piperidine rings is 1. The van der Waals surface area contributed by atoms with Gasteiger partial charge in [-0.15, -0.1) is 0 Å². The molecule has 0 unspecified atom stereocenters. The SMILES string of the molecule is C=C(C(C)C)N1CCC(O)CC1. The van der Waals surface area contributed by atoms with Crippen molar-refractivity contribution in [3.8, 4) is 0 Å². The van der Waals surface area contributed by atoms with E-state index in [4.69, 9.17) is 0 Å². The molecule has 0 aromatic rings. The fourth-order valence-corrected chi connectivity index (χ4v) is 1.52. The van der Waals surface area contributed by atoms with Crippen LogP contribution in [0.15, 0.2) is 12.3 Å². The minimum Gasteiger partial charge on any atom is -0.393 e. The third kappa shape index (κ3) is 2.24. The Kier molecular flexibility index (Phi) is 3.15. The highest BCUT2D eigenvalue weighted by Crippen LogP contribution is 2.18. The van der Waals surface area contributed by atoms with Gasteiger partial charge in [0, 0.05) is 18.8 Å². The summed E-state index contributed by atoms with van der Waals surface area (Å²) in [5.41, 5.74) is 1.21. The average molecular weight is 169 g/mol. The summed E-state index contributed by atoms with van der Waals surface area (Å²) >= 11 is 0. The summed E-state index contributed by atoms with van der Waals surface area (Å²) in [6.07, 6.45) is 1.71. The van der Waals surface area contributed by atoms with Crippen molar-refractivity contribution < 1.29 is 5.11 Å². The van der Waals surface area contributed by atoms with Gasteiger partial charge in [-0.1, -0.05) is 20.4 Å². The Labute approximate surface area is 74.9 Å². The van der Waals surface area contributed by atoms with E-state index in [-0.39, 0.29) is 6.10 Å². The van der Waals surface area contributed by atoms with Crippen LogP contribution in [-0.2, 0) is 0 Å². The van der Waals surface area contributed by atoms with Gasteiger partial charge < -0.3 is 10.0 Å². The molecule has 0 spiro atoms. The first-order valence-corrected chi connectivity index (χ1v) is 4.73. The summed E-state index contributed by atoms with van der Waals surface area (Å²) in [5, 5.41) is 9.29. The molecule has 0 amide bonds. The summed E-state index contributed by atoms with van der Waals surface area (Å²) in [6.45, 7) is 10.3. The monoisotopic (exact) mass is 169 g/mol. The molecule has 1 fully saturated rings. The Bertz CT molecular complexity index is 157. The van der Waals surface area contributed by atoms with Gasteiger partial charge in [0.1, 0.15) is 0 Å². The van der Waals surface area contributed by atoms with Crippen LogP contribution in [-0.4, -0.2) is 29.2 Å². The van der Waals surface area contributed by atoms with E-state index in [1.54, 1.807) is 0 Å². The van der Waals surface area contributed by atoms with Crippen molar-refractivity contribution >= 4 is 0 Å². The Balaban J connectivity index is 2.39. The van der Waals surface area contributed by atoms with Crippen molar-refractivity contribution in [2.75, 3.05) is 13.1 Å². The van der Waals surface area contributed by atoms with E-state index >= 15 is 0 Å². The fourth-order valence-electron chi connectivity index (χ4n) is 1.52. The lowest BCUT2D eigenvalue weighted by Crippen LogP contribution is -2.36. The second-order valence-corrected chi connectivity index (χ2v) is 3.86. The molecule has 12 heavy (non-hydrogen) atoms. The second-order valence-electron chi connectivity index (χ2n) is 3.86.